The highest BCUT2D eigenvalue weighted by Gasteiger charge is 2.39. The van der Waals surface area contributed by atoms with Crippen LogP contribution in [0.4, 0.5) is 5.69 Å². The first-order chi connectivity index (χ1) is 13.6. The topological polar surface area (TPSA) is 47.6 Å². The Hall–Kier alpha value is -2.75. The van der Waals surface area contributed by atoms with E-state index in [0.29, 0.717) is 30.6 Å². The molecule has 28 heavy (non-hydrogen) atoms. The third-order valence-electron chi connectivity index (χ3n) is 5.67. The molecule has 0 amide bonds. The molecule has 2 aromatic rings. The molecule has 146 valence electrons. The second-order valence-electron chi connectivity index (χ2n) is 7.47. The molecule has 2 aliphatic rings. The molecule has 2 aromatic carbocycles. The van der Waals surface area contributed by atoms with E-state index in [1.54, 1.807) is 0 Å². The van der Waals surface area contributed by atoms with Crippen LogP contribution in [0.3, 0.4) is 0 Å². The number of aryl methyl sites for hydroxylation is 1. The molecule has 1 heterocycles. The van der Waals surface area contributed by atoms with Crippen molar-refractivity contribution in [2.45, 2.75) is 39.2 Å². The van der Waals surface area contributed by atoms with Crippen molar-refractivity contribution in [1.82, 2.24) is 0 Å². The minimum Gasteiger partial charge on any atom is -0.493 e. The van der Waals surface area contributed by atoms with Crippen LogP contribution in [0.15, 0.2) is 48.6 Å². The third kappa shape index (κ3) is 3.28. The van der Waals surface area contributed by atoms with Crippen LogP contribution in [0.2, 0.25) is 0 Å². The molecular formula is C24H27NO3. The maximum Gasteiger partial charge on any atom is 0.338 e. The van der Waals surface area contributed by atoms with E-state index in [1.807, 2.05) is 32.0 Å². The Labute approximate surface area is 166 Å². The molecule has 0 unspecified atom stereocenters. The lowest BCUT2D eigenvalue weighted by Crippen LogP contribution is -2.29. The summed E-state index contributed by atoms with van der Waals surface area (Å²) in [5, 5.41) is 3.74. The van der Waals surface area contributed by atoms with Gasteiger partial charge in [0.05, 0.1) is 24.8 Å². The molecule has 3 atom stereocenters. The van der Waals surface area contributed by atoms with E-state index >= 15 is 0 Å². The first kappa shape index (κ1) is 18.6. The van der Waals surface area contributed by atoms with Gasteiger partial charge in [-0.3, -0.25) is 0 Å². The van der Waals surface area contributed by atoms with E-state index < -0.39 is 0 Å². The number of hydrogen-bond donors (Lipinski definition) is 1. The highest BCUT2D eigenvalue weighted by Crippen LogP contribution is 2.51. The summed E-state index contributed by atoms with van der Waals surface area (Å²) >= 11 is 0. The van der Waals surface area contributed by atoms with Crippen LogP contribution in [-0.2, 0) is 4.74 Å². The van der Waals surface area contributed by atoms with Crippen LogP contribution in [0.1, 0.15) is 59.3 Å². The molecule has 4 rings (SSSR count). The van der Waals surface area contributed by atoms with E-state index in [1.165, 1.54) is 16.8 Å². The third-order valence-corrected chi connectivity index (χ3v) is 5.67. The van der Waals surface area contributed by atoms with Crippen molar-refractivity contribution in [3.63, 3.8) is 0 Å². The summed E-state index contributed by atoms with van der Waals surface area (Å²) in [5.41, 5.74) is 5.49. The van der Waals surface area contributed by atoms with Gasteiger partial charge in [0.2, 0.25) is 0 Å². The van der Waals surface area contributed by atoms with Crippen LogP contribution in [0.5, 0.6) is 5.75 Å². The molecule has 0 fully saturated rings. The number of fused-ring (bicyclic) bond motifs is 3. The van der Waals surface area contributed by atoms with Crippen molar-refractivity contribution in [2.75, 3.05) is 18.5 Å². The molecule has 0 saturated heterocycles. The number of carbonyl (C=O) groups excluding carboxylic acids is 1. The minimum absolute atomic E-state index is 0.108. The molecule has 0 spiro atoms. The van der Waals surface area contributed by atoms with Crippen LogP contribution in [0.25, 0.3) is 0 Å². The van der Waals surface area contributed by atoms with E-state index in [2.05, 4.69) is 42.6 Å². The number of nitrogens with one attached hydrogen (secondary N) is 1. The van der Waals surface area contributed by atoms with Crippen molar-refractivity contribution in [3.8, 4) is 5.75 Å². The van der Waals surface area contributed by atoms with Crippen molar-refractivity contribution < 1.29 is 14.3 Å². The van der Waals surface area contributed by atoms with Gasteiger partial charge in [0.15, 0.2) is 0 Å². The second-order valence-corrected chi connectivity index (χ2v) is 7.47. The number of esters is 1. The first-order valence-corrected chi connectivity index (χ1v) is 10.1. The number of hydrogen-bond acceptors (Lipinski definition) is 4. The fourth-order valence-corrected chi connectivity index (χ4v) is 4.43. The van der Waals surface area contributed by atoms with Crippen molar-refractivity contribution >= 4 is 11.7 Å². The zero-order valence-electron chi connectivity index (χ0n) is 16.7. The fraction of sp³-hybridized carbons (Fsp3) is 0.375. The maximum atomic E-state index is 12.2. The van der Waals surface area contributed by atoms with Gasteiger partial charge in [-0.15, -0.1) is 0 Å². The Morgan fingerprint density at radius 3 is 2.75 bits per heavy atom. The Bertz CT molecular complexity index is 918. The van der Waals surface area contributed by atoms with Gasteiger partial charge in [0, 0.05) is 17.2 Å². The largest absolute Gasteiger partial charge is 0.493 e. The number of allylic oxidation sites excluding steroid dienone is 1. The first-order valence-electron chi connectivity index (χ1n) is 10.1. The van der Waals surface area contributed by atoms with Gasteiger partial charge in [-0.1, -0.05) is 35.9 Å². The lowest BCUT2D eigenvalue weighted by Gasteiger charge is -2.38. The van der Waals surface area contributed by atoms with Crippen molar-refractivity contribution in [2.24, 2.45) is 5.92 Å². The Morgan fingerprint density at radius 1 is 1.11 bits per heavy atom. The van der Waals surface area contributed by atoms with E-state index in [-0.39, 0.29) is 12.0 Å². The van der Waals surface area contributed by atoms with E-state index in [4.69, 9.17) is 9.47 Å². The summed E-state index contributed by atoms with van der Waals surface area (Å²) < 4.78 is 11.1. The van der Waals surface area contributed by atoms with Gasteiger partial charge in [-0.25, -0.2) is 4.79 Å². The molecule has 1 aliphatic heterocycles. The monoisotopic (exact) mass is 377 g/mol. The van der Waals surface area contributed by atoms with Gasteiger partial charge in [0.25, 0.3) is 0 Å². The second kappa shape index (κ2) is 7.70. The number of rotatable bonds is 5. The molecule has 4 nitrogen and oxygen atoms in total. The molecule has 1 N–H and O–H groups in total. The smallest absolute Gasteiger partial charge is 0.338 e. The van der Waals surface area contributed by atoms with Crippen LogP contribution in [-0.4, -0.2) is 19.2 Å². The van der Waals surface area contributed by atoms with Gasteiger partial charge < -0.3 is 14.8 Å². The molecule has 0 saturated carbocycles. The number of benzene rings is 2. The molecule has 4 heteroatoms. The van der Waals surface area contributed by atoms with Crippen LogP contribution < -0.4 is 10.1 Å². The summed E-state index contributed by atoms with van der Waals surface area (Å²) in [5.74, 6) is 1.27. The summed E-state index contributed by atoms with van der Waals surface area (Å²) in [6.07, 6.45) is 5.67. The van der Waals surface area contributed by atoms with Crippen molar-refractivity contribution in [1.29, 1.82) is 0 Å². The normalized spacial score (nSPS) is 22.2. The summed E-state index contributed by atoms with van der Waals surface area (Å²) in [4.78, 5) is 12.2. The van der Waals surface area contributed by atoms with Gasteiger partial charge in [-0.2, -0.15) is 0 Å². The lowest BCUT2D eigenvalue weighted by atomic mass is 9.76. The van der Waals surface area contributed by atoms with E-state index in [9.17, 15) is 4.79 Å². The Kier molecular flexibility index (Phi) is 5.12. The number of anilines is 1. The number of carbonyl (C=O) groups is 1. The van der Waals surface area contributed by atoms with Gasteiger partial charge in [0.1, 0.15) is 5.75 Å². The molecular weight excluding hydrogens is 350 g/mol. The van der Waals surface area contributed by atoms with E-state index in [0.717, 1.165) is 17.7 Å². The Balaban J connectivity index is 1.74. The fourth-order valence-electron chi connectivity index (χ4n) is 4.43. The minimum atomic E-state index is -0.314. The average molecular weight is 377 g/mol. The van der Waals surface area contributed by atoms with Gasteiger partial charge >= 0.3 is 5.97 Å². The molecule has 0 bridgehead atoms. The van der Waals surface area contributed by atoms with Gasteiger partial charge in [-0.05, 0) is 56.9 Å². The van der Waals surface area contributed by atoms with Crippen LogP contribution in [0, 0.1) is 12.8 Å². The SMILES string of the molecule is CCOC(=O)c1ccc([C@@H]2Nc3ccc(C)cc3[C@@H]3CC=C[C@@H]32)c(OCC)c1. The standard InChI is InChI=1S/C24H27NO3/c1-4-27-22-14-16(24(26)28-5-2)10-11-19(22)23-18-8-6-7-17(18)20-13-15(3)9-12-21(20)25-23/h6,8-14,17-18,23,25H,4-5,7H2,1-3H3/t17-,18+,23-/m1/s1. The predicted molar refractivity (Wildman–Crippen MR) is 111 cm³/mol. The lowest BCUT2D eigenvalue weighted by molar-refractivity contribution is 0.0526. The quantitative estimate of drug-likeness (QED) is 0.560. The highest BCUT2D eigenvalue weighted by atomic mass is 16.5. The highest BCUT2D eigenvalue weighted by molar-refractivity contribution is 5.90. The van der Waals surface area contributed by atoms with Crippen molar-refractivity contribution in [3.05, 3.63) is 70.8 Å². The van der Waals surface area contributed by atoms with Crippen LogP contribution >= 0.6 is 0 Å². The summed E-state index contributed by atoms with van der Waals surface area (Å²) in [7, 11) is 0. The summed E-state index contributed by atoms with van der Waals surface area (Å²) in [6.45, 7) is 6.83. The number of ether oxygens (including phenoxy) is 2. The zero-order valence-corrected chi connectivity index (χ0v) is 16.7. The molecule has 1 aliphatic carbocycles. The maximum absolute atomic E-state index is 12.2. The molecule has 0 radical (unpaired) electrons. The summed E-state index contributed by atoms with van der Waals surface area (Å²) in [6, 6.07) is 12.4. The Morgan fingerprint density at radius 2 is 1.96 bits per heavy atom. The zero-order chi connectivity index (χ0) is 19.7. The average Bonchev–Trinajstić information content (AvgIpc) is 3.18. The molecule has 0 aromatic heterocycles. The predicted octanol–water partition coefficient (Wildman–Crippen LogP) is 5.40.